The van der Waals surface area contributed by atoms with Crippen LogP contribution >= 0.6 is 0 Å². The maximum absolute atomic E-state index is 11.6. The van der Waals surface area contributed by atoms with E-state index < -0.39 is 0 Å². The second-order valence-electron chi connectivity index (χ2n) is 3.87. The Kier molecular flexibility index (Phi) is 3.98. The number of nitrogens with zero attached hydrogens (tertiary/aromatic N) is 2. The number of anilines is 1. The van der Waals surface area contributed by atoms with Gasteiger partial charge in [0.1, 0.15) is 6.26 Å². The number of carbonyl (C=O) groups excluding carboxylic acids is 1. The molecule has 0 bridgehead atoms. The van der Waals surface area contributed by atoms with Gasteiger partial charge in [-0.2, -0.15) is 4.98 Å². The van der Waals surface area contributed by atoms with E-state index in [1.165, 1.54) is 6.26 Å². The molecule has 0 aliphatic carbocycles. The minimum Gasteiger partial charge on any atom is -0.431 e. The number of amides is 1. The molecule has 2 rings (SSSR count). The highest BCUT2D eigenvalue weighted by atomic mass is 16.5. The minimum atomic E-state index is -0.185. The third-order valence-electron chi connectivity index (χ3n) is 2.54. The third-order valence-corrected chi connectivity index (χ3v) is 2.54. The second kappa shape index (κ2) is 5.67. The predicted octanol–water partition coefficient (Wildman–Crippen LogP) is 0.651. The standard InChI is InChI=1S/C11H17N3O3/c1-2-3-12-10(15)9-8-17-11(13-9)14-4-6-16-7-5-14/h8H,2-7H2,1H3,(H,12,15). The zero-order valence-electron chi connectivity index (χ0n) is 9.94. The minimum absolute atomic E-state index is 0.185. The molecule has 0 aromatic carbocycles. The molecule has 1 N–H and O–H groups in total. The van der Waals surface area contributed by atoms with Crippen LogP contribution in [0.3, 0.4) is 0 Å². The Hall–Kier alpha value is -1.56. The fourth-order valence-corrected chi connectivity index (χ4v) is 1.60. The maximum Gasteiger partial charge on any atom is 0.298 e. The Bertz CT molecular complexity index is 372. The van der Waals surface area contributed by atoms with Crippen molar-refractivity contribution in [2.45, 2.75) is 13.3 Å². The van der Waals surface area contributed by atoms with Gasteiger partial charge in [-0.25, -0.2) is 0 Å². The average molecular weight is 239 g/mol. The van der Waals surface area contributed by atoms with Crippen LogP contribution in [0.25, 0.3) is 0 Å². The maximum atomic E-state index is 11.6. The van der Waals surface area contributed by atoms with Crippen LogP contribution in [0.15, 0.2) is 10.7 Å². The van der Waals surface area contributed by atoms with Crippen molar-refractivity contribution in [3.05, 3.63) is 12.0 Å². The van der Waals surface area contributed by atoms with E-state index in [-0.39, 0.29) is 5.91 Å². The van der Waals surface area contributed by atoms with Crippen LogP contribution in [0.5, 0.6) is 0 Å². The number of nitrogens with one attached hydrogen (secondary N) is 1. The van der Waals surface area contributed by atoms with E-state index in [4.69, 9.17) is 9.15 Å². The normalized spacial score (nSPS) is 15.9. The van der Waals surface area contributed by atoms with Crippen molar-refractivity contribution in [2.24, 2.45) is 0 Å². The van der Waals surface area contributed by atoms with Crippen molar-refractivity contribution in [3.63, 3.8) is 0 Å². The highest BCUT2D eigenvalue weighted by Crippen LogP contribution is 2.14. The Morgan fingerprint density at radius 1 is 1.53 bits per heavy atom. The molecular formula is C11H17N3O3. The molecule has 6 heteroatoms. The predicted molar refractivity (Wildman–Crippen MR) is 62.2 cm³/mol. The highest BCUT2D eigenvalue weighted by molar-refractivity contribution is 5.92. The number of oxazole rings is 1. The van der Waals surface area contributed by atoms with Gasteiger partial charge in [-0.15, -0.1) is 0 Å². The summed E-state index contributed by atoms with van der Waals surface area (Å²) in [6.45, 7) is 5.48. The molecule has 1 aliphatic heterocycles. The number of ether oxygens (including phenoxy) is 1. The molecule has 1 saturated heterocycles. The summed E-state index contributed by atoms with van der Waals surface area (Å²) in [5.74, 6) is -0.185. The van der Waals surface area contributed by atoms with Crippen LogP contribution in [-0.2, 0) is 4.74 Å². The van der Waals surface area contributed by atoms with Gasteiger partial charge in [0.05, 0.1) is 13.2 Å². The Morgan fingerprint density at radius 2 is 2.29 bits per heavy atom. The van der Waals surface area contributed by atoms with Gasteiger partial charge in [-0.3, -0.25) is 4.79 Å². The van der Waals surface area contributed by atoms with Crippen molar-refractivity contribution in [3.8, 4) is 0 Å². The SMILES string of the molecule is CCCNC(=O)c1coc(N2CCOCC2)n1. The first kappa shape index (κ1) is 11.9. The highest BCUT2D eigenvalue weighted by Gasteiger charge is 2.18. The molecule has 1 fully saturated rings. The summed E-state index contributed by atoms with van der Waals surface area (Å²) in [6.07, 6.45) is 2.30. The van der Waals surface area contributed by atoms with Gasteiger partial charge in [0.2, 0.25) is 0 Å². The van der Waals surface area contributed by atoms with Gasteiger partial charge in [0.15, 0.2) is 5.69 Å². The molecule has 6 nitrogen and oxygen atoms in total. The number of aromatic nitrogens is 1. The fourth-order valence-electron chi connectivity index (χ4n) is 1.60. The molecule has 1 aromatic rings. The molecular weight excluding hydrogens is 222 g/mol. The van der Waals surface area contributed by atoms with E-state index in [0.717, 1.165) is 19.5 Å². The molecule has 17 heavy (non-hydrogen) atoms. The summed E-state index contributed by atoms with van der Waals surface area (Å²) in [7, 11) is 0. The zero-order chi connectivity index (χ0) is 12.1. The van der Waals surface area contributed by atoms with E-state index >= 15 is 0 Å². The summed E-state index contributed by atoms with van der Waals surface area (Å²) in [5.41, 5.74) is 0.333. The lowest BCUT2D eigenvalue weighted by Gasteiger charge is -2.24. The molecule has 0 radical (unpaired) electrons. The summed E-state index contributed by atoms with van der Waals surface area (Å²) >= 11 is 0. The summed E-state index contributed by atoms with van der Waals surface area (Å²) in [5, 5.41) is 2.76. The van der Waals surface area contributed by atoms with E-state index in [1.54, 1.807) is 0 Å². The molecule has 1 aliphatic rings. The van der Waals surface area contributed by atoms with Crippen molar-refractivity contribution in [1.29, 1.82) is 0 Å². The Morgan fingerprint density at radius 3 is 3.00 bits per heavy atom. The quantitative estimate of drug-likeness (QED) is 0.835. The summed E-state index contributed by atoms with van der Waals surface area (Å²) in [4.78, 5) is 17.8. The summed E-state index contributed by atoms with van der Waals surface area (Å²) in [6, 6.07) is 0.495. The fraction of sp³-hybridized carbons (Fsp3) is 0.636. The van der Waals surface area contributed by atoms with E-state index in [1.807, 2.05) is 11.8 Å². The van der Waals surface area contributed by atoms with Crippen LogP contribution in [0.1, 0.15) is 23.8 Å². The van der Waals surface area contributed by atoms with Crippen molar-refractivity contribution in [2.75, 3.05) is 37.7 Å². The Labute approximate surface area is 99.9 Å². The molecule has 2 heterocycles. The van der Waals surface area contributed by atoms with Crippen LogP contribution in [0.4, 0.5) is 6.01 Å². The molecule has 1 amide bonds. The van der Waals surface area contributed by atoms with Gasteiger partial charge in [-0.05, 0) is 6.42 Å². The molecule has 0 saturated carbocycles. The third kappa shape index (κ3) is 2.97. The number of hydrogen-bond acceptors (Lipinski definition) is 5. The number of rotatable bonds is 4. The van der Waals surface area contributed by atoms with Crippen molar-refractivity contribution >= 4 is 11.9 Å². The second-order valence-corrected chi connectivity index (χ2v) is 3.87. The van der Waals surface area contributed by atoms with Crippen LogP contribution in [0.2, 0.25) is 0 Å². The number of morpholine rings is 1. The molecule has 0 spiro atoms. The lowest BCUT2D eigenvalue weighted by Crippen LogP contribution is -2.36. The molecule has 0 atom stereocenters. The average Bonchev–Trinajstić information content (AvgIpc) is 2.86. The molecule has 1 aromatic heterocycles. The van der Waals surface area contributed by atoms with E-state index in [0.29, 0.717) is 31.5 Å². The first-order chi connectivity index (χ1) is 8.31. The summed E-state index contributed by atoms with van der Waals surface area (Å²) < 4.78 is 10.5. The van der Waals surface area contributed by atoms with Crippen LogP contribution in [0, 0.1) is 0 Å². The van der Waals surface area contributed by atoms with E-state index in [2.05, 4.69) is 10.3 Å². The Balaban J connectivity index is 1.97. The number of hydrogen-bond donors (Lipinski definition) is 1. The first-order valence-corrected chi connectivity index (χ1v) is 5.87. The van der Waals surface area contributed by atoms with Crippen molar-refractivity contribution < 1.29 is 13.9 Å². The lowest BCUT2D eigenvalue weighted by molar-refractivity contribution is 0.0948. The lowest BCUT2D eigenvalue weighted by atomic mass is 10.4. The number of carbonyl (C=O) groups is 1. The monoisotopic (exact) mass is 239 g/mol. The first-order valence-electron chi connectivity index (χ1n) is 5.87. The van der Waals surface area contributed by atoms with Gasteiger partial charge >= 0.3 is 0 Å². The van der Waals surface area contributed by atoms with Gasteiger partial charge in [0.25, 0.3) is 11.9 Å². The van der Waals surface area contributed by atoms with Gasteiger partial charge in [0, 0.05) is 19.6 Å². The smallest absolute Gasteiger partial charge is 0.298 e. The zero-order valence-corrected chi connectivity index (χ0v) is 9.94. The van der Waals surface area contributed by atoms with Crippen molar-refractivity contribution in [1.82, 2.24) is 10.3 Å². The largest absolute Gasteiger partial charge is 0.431 e. The molecule has 0 unspecified atom stereocenters. The van der Waals surface area contributed by atoms with Crippen LogP contribution in [-0.4, -0.2) is 43.7 Å². The van der Waals surface area contributed by atoms with Gasteiger partial charge < -0.3 is 19.4 Å². The molecule has 94 valence electrons. The van der Waals surface area contributed by atoms with Gasteiger partial charge in [-0.1, -0.05) is 6.92 Å². The van der Waals surface area contributed by atoms with Crippen LogP contribution < -0.4 is 10.2 Å². The van der Waals surface area contributed by atoms with E-state index in [9.17, 15) is 4.79 Å². The topological polar surface area (TPSA) is 67.6 Å².